The number of hydrogen-bond donors (Lipinski definition) is 0. The van der Waals surface area contributed by atoms with Crippen LogP contribution in [0.1, 0.15) is 83.6 Å². The zero-order valence-electron chi connectivity index (χ0n) is 42.7. The molecule has 4 nitrogen and oxygen atoms in total. The lowest BCUT2D eigenvalue weighted by Gasteiger charge is -2.48. The Morgan fingerprint density at radius 2 is 0.917 bits per heavy atom. The van der Waals surface area contributed by atoms with Crippen LogP contribution in [-0.4, -0.2) is 6.71 Å². The Labute approximate surface area is 426 Å². The van der Waals surface area contributed by atoms with Crippen LogP contribution in [0.4, 0.5) is 51.2 Å². The van der Waals surface area contributed by atoms with Crippen LogP contribution in [0.15, 0.2) is 194 Å². The van der Waals surface area contributed by atoms with Crippen LogP contribution < -0.4 is 35.8 Å². The van der Waals surface area contributed by atoms with E-state index in [1.54, 1.807) is 0 Å². The fourth-order valence-electron chi connectivity index (χ4n) is 12.3. The van der Waals surface area contributed by atoms with Crippen molar-refractivity contribution in [3.05, 3.63) is 216 Å². The van der Waals surface area contributed by atoms with Gasteiger partial charge < -0.3 is 19.4 Å². The van der Waals surface area contributed by atoms with Crippen molar-refractivity contribution in [3.63, 3.8) is 0 Å². The summed E-state index contributed by atoms with van der Waals surface area (Å²) in [5.41, 5.74) is 24.5. The zero-order valence-corrected chi connectivity index (χ0v) is 42.7. The average molecular weight is 934 g/mol. The van der Waals surface area contributed by atoms with Gasteiger partial charge in [0, 0.05) is 34.1 Å². The van der Waals surface area contributed by atoms with E-state index >= 15 is 0 Å². The summed E-state index contributed by atoms with van der Waals surface area (Å²) in [6.07, 6.45) is 2.28. The summed E-state index contributed by atoms with van der Waals surface area (Å²) in [6, 6.07) is 72.5. The maximum absolute atomic E-state index is 6.68. The van der Waals surface area contributed by atoms with E-state index in [1.807, 2.05) is 0 Å². The first kappa shape index (κ1) is 44.2. The lowest BCUT2D eigenvalue weighted by molar-refractivity contribution is 0.332. The summed E-state index contributed by atoms with van der Waals surface area (Å²) >= 11 is 0. The minimum absolute atomic E-state index is 0.00113. The third-order valence-corrected chi connectivity index (χ3v) is 16.4. The highest BCUT2D eigenvalue weighted by atomic mass is 16.5. The number of anilines is 9. The molecule has 5 heteroatoms. The fraction of sp³-hybridized carbons (Fsp3) is 0.194. The van der Waals surface area contributed by atoms with Crippen molar-refractivity contribution < 1.29 is 4.74 Å². The summed E-state index contributed by atoms with van der Waals surface area (Å²) in [5.74, 6) is 1.67. The smallest absolute Gasteiger partial charge is 0.252 e. The molecule has 0 saturated heterocycles. The third-order valence-electron chi connectivity index (χ3n) is 16.4. The van der Waals surface area contributed by atoms with Gasteiger partial charge in [0.1, 0.15) is 0 Å². The molecular weight excluding hydrogens is 874 g/mol. The van der Waals surface area contributed by atoms with Crippen molar-refractivity contribution in [1.29, 1.82) is 0 Å². The largest absolute Gasteiger partial charge is 0.453 e. The second-order valence-corrected chi connectivity index (χ2v) is 22.9. The summed E-state index contributed by atoms with van der Waals surface area (Å²) < 4.78 is 6.68. The molecule has 0 radical (unpaired) electrons. The molecule has 72 heavy (non-hydrogen) atoms. The maximum atomic E-state index is 6.68. The Hall–Kier alpha value is -7.76. The minimum Gasteiger partial charge on any atom is -0.453 e. The van der Waals surface area contributed by atoms with Crippen LogP contribution in [0.5, 0.6) is 11.5 Å². The van der Waals surface area contributed by atoms with Gasteiger partial charge in [-0.25, -0.2) is 0 Å². The van der Waals surface area contributed by atoms with Gasteiger partial charge in [0.25, 0.3) is 6.71 Å². The van der Waals surface area contributed by atoms with Crippen LogP contribution in [0.25, 0.3) is 22.3 Å². The number of fused-ring (bicyclic) bond motifs is 7. The SMILES string of the molecule is Cc1cc(C(C)(C)C)ccc1N1c2cc3c(cc2B2c4cc(-c5ccccc5)ccc4N(c4ccc(-c5ccccc5)cc4)c4cc(N5c6ccccc6Oc6ccccc65)cc1c42)C(C)(C)CCC3(C)C. The number of rotatable bonds is 5. The van der Waals surface area contributed by atoms with Crippen LogP contribution in [0.3, 0.4) is 0 Å². The summed E-state index contributed by atoms with van der Waals surface area (Å²) in [4.78, 5) is 7.63. The molecule has 0 saturated carbocycles. The molecule has 0 N–H and O–H groups in total. The monoisotopic (exact) mass is 933 g/mol. The first-order valence-electron chi connectivity index (χ1n) is 25.8. The normalized spacial score (nSPS) is 15.6. The molecule has 0 atom stereocenters. The molecule has 9 aromatic rings. The maximum Gasteiger partial charge on any atom is 0.252 e. The average Bonchev–Trinajstić information content (AvgIpc) is 3.39. The van der Waals surface area contributed by atoms with Gasteiger partial charge >= 0.3 is 0 Å². The molecule has 4 aliphatic rings. The summed E-state index contributed by atoms with van der Waals surface area (Å²) in [6.45, 7) is 19.1. The van der Waals surface area contributed by atoms with E-state index in [2.05, 4.69) is 264 Å². The van der Waals surface area contributed by atoms with Gasteiger partial charge in [0.05, 0.1) is 17.1 Å². The molecule has 0 bridgehead atoms. The van der Waals surface area contributed by atoms with E-state index in [0.717, 1.165) is 47.1 Å². The van der Waals surface area contributed by atoms with Crippen molar-refractivity contribution in [1.82, 2.24) is 0 Å². The molecule has 3 heterocycles. The first-order chi connectivity index (χ1) is 34.7. The van der Waals surface area contributed by atoms with Gasteiger partial charge in [-0.3, -0.25) is 0 Å². The molecule has 0 amide bonds. The number of para-hydroxylation sites is 4. The third kappa shape index (κ3) is 6.95. The van der Waals surface area contributed by atoms with E-state index < -0.39 is 0 Å². The lowest BCUT2D eigenvalue weighted by atomic mass is 9.33. The van der Waals surface area contributed by atoms with Crippen molar-refractivity contribution >= 4 is 74.3 Å². The first-order valence-corrected chi connectivity index (χ1v) is 25.8. The Morgan fingerprint density at radius 3 is 1.53 bits per heavy atom. The van der Waals surface area contributed by atoms with Crippen molar-refractivity contribution in [3.8, 4) is 33.8 Å². The minimum atomic E-state index is -0.0710. The van der Waals surface area contributed by atoms with Crippen LogP contribution >= 0.6 is 0 Å². The van der Waals surface area contributed by atoms with Crippen LogP contribution in [0, 0.1) is 6.92 Å². The molecule has 9 aromatic carbocycles. The quantitative estimate of drug-likeness (QED) is 0.160. The van der Waals surface area contributed by atoms with Gasteiger partial charge in [-0.2, -0.15) is 0 Å². The molecular formula is C67H60BN3O. The number of ether oxygens (including phenoxy) is 1. The van der Waals surface area contributed by atoms with Crippen LogP contribution in [0.2, 0.25) is 0 Å². The highest BCUT2D eigenvalue weighted by molar-refractivity contribution is 7.00. The fourth-order valence-corrected chi connectivity index (χ4v) is 12.3. The van der Waals surface area contributed by atoms with E-state index in [-0.39, 0.29) is 23.0 Å². The van der Waals surface area contributed by atoms with Gasteiger partial charge in [-0.1, -0.05) is 176 Å². The number of benzene rings is 9. The highest BCUT2D eigenvalue weighted by Crippen LogP contribution is 2.55. The Morgan fingerprint density at radius 1 is 0.417 bits per heavy atom. The van der Waals surface area contributed by atoms with E-state index in [4.69, 9.17) is 4.74 Å². The molecule has 13 rings (SSSR count). The number of aryl methyl sites for hydroxylation is 1. The van der Waals surface area contributed by atoms with Gasteiger partial charge in [0.15, 0.2) is 11.5 Å². The lowest BCUT2D eigenvalue weighted by Crippen LogP contribution is -2.62. The highest BCUT2D eigenvalue weighted by Gasteiger charge is 2.47. The topological polar surface area (TPSA) is 19.0 Å². The molecule has 1 aliphatic carbocycles. The van der Waals surface area contributed by atoms with Gasteiger partial charge in [0.2, 0.25) is 0 Å². The summed E-state index contributed by atoms with van der Waals surface area (Å²) in [7, 11) is 0. The van der Waals surface area contributed by atoms with E-state index in [1.165, 1.54) is 89.3 Å². The zero-order chi connectivity index (χ0) is 49.3. The molecule has 0 unspecified atom stereocenters. The van der Waals surface area contributed by atoms with E-state index in [9.17, 15) is 0 Å². The van der Waals surface area contributed by atoms with Crippen molar-refractivity contribution in [2.75, 3.05) is 14.7 Å². The Kier molecular flexibility index (Phi) is 9.90. The Balaban J connectivity index is 1.17. The van der Waals surface area contributed by atoms with Crippen LogP contribution in [-0.2, 0) is 16.2 Å². The molecule has 0 aromatic heterocycles. The Bertz CT molecular complexity index is 3580. The second-order valence-electron chi connectivity index (χ2n) is 22.9. The number of hydrogen-bond acceptors (Lipinski definition) is 4. The number of nitrogens with zero attached hydrogens (tertiary/aromatic N) is 3. The molecule has 3 aliphatic heterocycles. The van der Waals surface area contributed by atoms with Crippen molar-refractivity contribution in [2.45, 2.75) is 84.5 Å². The molecule has 352 valence electrons. The predicted octanol–water partition coefficient (Wildman–Crippen LogP) is 16.6. The predicted molar refractivity (Wildman–Crippen MR) is 305 cm³/mol. The van der Waals surface area contributed by atoms with Crippen molar-refractivity contribution in [2.24, 2.45) is 0 Å². The van der Waals surface area contributed by atoms with Gasteiger partial charge in [-0.15, -0.1) is 0 Å². The van der Waals surface area contributed by atoms with E-state index in [0.29, 0.717) is 0 Å². The summed E-state index contributed by atoms with van der Waals surface area (Å²) in [5, 5.41) is 0. The molecule has 0 spiro atoms. The standard InChI is InChI=1S/C67H60BN3O/c1-43-37-48(65(2,3)4)30-34-55(43)71-59-42-52-51(66(5,6)35-36-67(52,7)8)41-54(59)68-53-38-47(45-21-13-10-14-22-45)29-33-56(53)69(49-31-27-46(28-32-49)44-19-11-9-12-20-44)60-39-50(40-61(71)64(60)68)70-57-23-15-17-25-62(57)72-63-26-18-16-24-58(63)70/h9-34,37-42H,35-36H2,1-8H3. The second kappa shape index (κ2) is 16.1. The molecule has 0 fully saturated rings. The van der Waals surface area contributed by atoms with Gasteiger partial charge in [-0.05, 0) is 164 Å².